The number of carbonyl (C=O) groups excluding carboxylic acids is 1. The highest BCUT2D eigenvalue weighted by atomic mass is 32.2. The third kappa shape index (κ3) is 4.93. The minimum absolute atomic E-state index is 0.0107. The normalized spacial score (nSPS) is 13.8. The Hall–Kier alpha value is -2.38. The van der Waals surface area contributed by atoms with Crippen molar-refractivity contribution in [1.82, 2.24) is 14.9 Å². The molecule has 31 heavy (non-hydrogen) atoms. The first-order chi connectivity index (χ1) is 15.1. The van der Waals surface area contributed by atoms with Crippen molar-refractivity contribution < 1.29 is 4.79 Å². The average molecular weight is 454 g/mol. The fourth-order valence-corrected chi connectivity index (χ4v) is 6.13. The van der Waals surface area contributed by atoms with Crippen molar-refractivity contribution in [3.63, 3.8) is 0 Å². The number of thioether (sulfide) groups is 1. The van der Waals surface area contributed by atoms with Crippen molar-refractivity contribution in [3.05, 3.63) is 69.3 Å². The lowest BCUT2D eigenvalue weighted by Gasteiger charge is -2.14. The van der Waals surface area contributed by atoms with Gasteiger partial charge >= 0.3 is 0 Å². The SMILES string of the molecule is C=CCn1c(SCC(=O)NC(C)CCc2ccccc2)nc2sc3c(c2c1=O)CCC3. The van der Waals surface area contributed by atoms with Gasteiger partial charge < -0.3 is 5.32 Å². The molecule has 7 heteroatoms. The molecule has 0 spiro atoms. The minimum atomic E-state index is -0.0428. The second-order valence-electron chi connectivity index (χ2n) is 7.92. The first kappa shape index (κ1) is 21.8. The zero-order valence-corrected chi connectivity index (χ0v) is 19.4. The summed E-state index contributed by atoms with van der Waals surface area (Å²) in [6, 6.07) is 10.4. The topological polar surface area (TPSA) is 64.0 Å². The number of benzene rings is 1. The van der Waals surface area contributed by atoms with Gasteiger partial charge in [-0.3, -0.25) is 14.2 Å². The Bertz CT molecular complexity index is 1150. The van der Waals surface area contributed by atoms with Gasteiger partial charge in [-0.05, 0) is 50.2 Å². The van der Waals surface area contributed by atoms with E-state index >= 15 is 0 Å². The Morgan fingerprint density at radius 1 is 1.35 bits per heavy atom. The average Bonchev–Trinajstić information content (AvgIpc) is 3.35. The van der Waals surface area contributed by atoms with Crippen molar-refractivity contribution in [2.45, 2.75) is 56.8 Å². The van der Waals surface area contributed by atoms with Crippen molar-refractivity contribution in [1.29, 1.82) is 0 Å². The summed E-state index contributed by atoms with van der Waals surface area (Å²) in [6.07, 6.45) is 6.61. The molecule has 162 valence electrons. The van der Waals surface area contributed by atoms with Gasteiger partial charge in [-0.2, -0.15) is 0 Å². The van der Waals surface area contributed by atoms with E-state index in [-0.39, 0.29) is 23.3 Å². The van der Waals surface area contributed by atoms with Gasteiger partial charge in [0.1, 0.15) is 4.83 Å². The van der Waals surface area contributed by atoms with Crippen LogP contribution in [-0.4, -0.2) is 27.3 Å². The smallest absolute Gasteiger partial charge is 0.263 e. The molecule has 4 rings (SSSR count). The third-order valence-corrected chi connectivity index (χ3v) is 7.71. The van der Waals surface area contributed by atoms with Crippen LogP contribution in [0, 0.1) is 0 Å². The molecular weight excluding hydrogens is 426 g/mol. The predicted molar refractivity (Wildman–Crippen MR) is 129 cm³/mol. The van der Waals surface area contributed by atoms with Crippen LogP contribution in [0.2, 0.25) is 0 Å². The number of carbonyl (C=O) groups is 1. The number of nitrogens with zero attached hydrogens (tertiary/aromatic N) is 2. The monoisotopic (exact) mass is 453 g/mol. The van der Waals surface area contributed by atoms with E-state index in [2.05, 4.69) is 24.0 Å². The van der Waals surface area contributed by atoms with E-state index in [9.17, 15) is 9.59 Å². The number of rotatable bonds is 9. The van der Waals surface area contributed by atoms with Crippen molar-refractivity contribution in [3.8, 4) is 0 Å². The van der Waals surface area contributed by atoms with Crippen LogP contribution in [0.25, 0.3) is 10.2 Å². The molecule has 1 N–H and O–H groups in total. The van der Waals surface area contributed by atoms with E-state index in [0.29, 0.717) is 11.7 Å². The molecule has 0 aliphatic heterocycles. The molecule has 1 unspecified atom stereocenters. The molecule has 0 bridgehead atoms. The molecule has 1 atom stereocenters. The molecule has 0 fully saturated rings. The zero-order valence-electron chi connectivity index (χ0n) is 17.7. The molecule has 0 radical (unpaired) electrons. The van der Waals surface area contributed by atoms with Gasteiger partial charge in [-0.15, -0.1) is 17.9 Å². The summed E-state index contributed by atoms with van der Waals surface area (Å²) < 4.78 is 1.65. The number of nitrogens with one attached hydrogen (secondary N) is 1. The van der Waals surface area contributed by atoms with Gasteiger partial charge in [-0.1, -0.05) is 48.2 Å². The van der Waals surface area contributed by atoms with Gasteiger partial charge in [0.25, 0.3) is 5.56 Å². The Kier molecular flexibility index (Phi) is 6.92. The van der Waals surface area contributed by atoms with E-state index in [1.165, 1.54) is 27.8 Å². The highest BCUT2D eigenvalue weighted by Gasteiger charge is 2.23. The number of thiophene rings is 1. The van der Waals surface area contributed by atoms with Crippen LogP contribution in [0.5, 0.6) is 0 Å². The van der Waals surface area contributed by atoms with Crippen molar-refractivity contribution in [2.24, 2.45) is 0 Å². The molecule has 2 aromatic heterocycles. The molecule has 1 aromatic carbocycles. The zero-order chi connectivity index (χ0) is 21.8. The van der Waals surface area contributed by atoms with E-state index in [0.717, 1.165) is 42.3 Å². The summed E-state index contributed by atoms with van der Waals surface area (Å²) in [5.74, 6) is 0.189. The maximum absolute atomic E-state index is 13.2. The summed E-state index contributed by atoms with van der Waals surface area (Å²) in [6.45, 7) is 6.20. The summed E-state index contributed by atoms with van der Waals surface area (Å²) in [5, 5.41) is 4.42. The summed E-state index contributed by atoms with van der Waals surface area (Å²) >= 11 is 2.95. The number of hydrogen-bond donors (Lipinski definition) is 1. The number of amides is 1. The minimum Gasteiger partial charge on any atom is -0.353 e. The molecule has 1 aliphatic carbocycles. The fraction of sp³-hybridized carbons (Fsp3) is 0.375. The molecule has 5 nitrogen and oxygen atoms in total. The quantitative estimate of drug-likeness (QED) is 0.297. The number of fused-ring (bicyclic) bond motifs is 3. The van der Waals surface area contributed by atoms with Crippen LogP contribution in [0.3, 0.4) is 0 Å². The number of aryl methyl sites for hydroxylation is 3. The first-order valence-corrected chi connectivity index (χ1v) is 12.5. The summed E-state index contributed by atoms with van der Waals surface area (Å²) in [5.41, 5.74) is 2.44. The van der Waals surface area contributed by atoms with Gasteiger partial charge in [-0.25, -0.2) is 4.98 Å². The van der Waals surface area contributed by atoms with Crippen LogP contribution in [0.1, 0.15) is 35.8 Å². The van der Waals surface area contributed by atoms with E-state index < -0.39 is 0 Å². The Labute approximate surface area is 190 Å². The second-order valence-corrected chi connectivity index (χ2v) is 9.94. The molecule has 0 saturated heterocycles. The van der Waals surface area contributed by atoms with Crippen LogP contribution in [0.4, 0.5) is 0 Å². The Balaban J connectivity index is 1.42. The number of aromatic nitrogens is 2. The summed E-state index contributed by atoms with van der Waals surface area (Å²) in [4.78, 5) is 32.5. The lowest BCUT2D eigenvalue weighted by Crippen LogP contribution is -2.34. The van der Waals surface area contributed by atoms with Crippen LogP contribution >= 0.6 is 23.1 Å². The van der Waals surface area contributed by atoms with Gasteiger partial charge in [0.2, 0.25) is 5.91 Å². The number of hydrogen-bond acceptors (Lipinski definition) is 5. The third-order valence-electron chi connectivity index (χ3n) is 5.55. The van der Waals surface area contributed by atoms with Crippen molar-refractivity contribution >= 4 is 39.2 Å². The van der Waals surface area contributed by atoms with Crippen LogP contribution in [0.15, 0.2) is 52.9 Å². The van der Waals surface area contributed by atoms with Crippen LogP contribution < -0.4 is 10.9 Å². The lowest BCUT2D eigenvalue weighted by atomic mass is 10.1. The molecule has 3 aromatic rings. The maximum Gasteiger partial charge on any atom is 0.263 e. The van der Waals surface area contributed by atoms with Gasteiger partial charge in [0.15, 0.2) is 5.16 Å². The molecule has 0 saturated carbocycles. The van der Waals surface area contributed by atoms with E-state index in [1.807, 2.05) is 25.1 Å². The first-order valence-electron chi connectivity index (χ1n) is 10.7. The Morgan fingerprint density at radius 3 is 2.94 bits per heavy atom. The fourth-order valence-electron chi connectivity index (χ4n) is 4.01. The number of allylic oxidation sites excluding steroid dienone is 1. The maximum atomic E-state index is 13.2. The standard InChI is InChI=1S/C24H27N3O2S2/c1-3-14-27-23(29)21-18-10-7-11-19(18)31-22(21)26-24(27)30-15-20(28)25-16(2)12-13-17-8-5-4-6-9-17/h3-6,8-9,16H,1,7,10-15H2,2H3,(H,25,28). The largest absolute Gasteiger partial charge is 0.353 e. The summed E-state index contributed by atoms with van der Waals surface area (Å²) in [7, 11) is 0. The molecule has 1 aliphatic rings. The Morgan fingerprint density at radius 2 is 2.16 bits per heavy atom. The van der Waals surface area contributed by atoms with E-state index in [4.69, 9.17) is 4.98 Å². The molecular formula is C24H27N3O2S2. The van der Waals surface area contributed by atoms with Gasteiger partial charge in [0.05, 0.1) is 11.1 Å². The van der Waals surface area contributed by atoms with Crippen LogP contribution in [-0.2, 0) is 30.6 Å². The highest BCUT2D eigenvalue weighted by molar-refractivity contribution is 7.99. The highest BCUT2D eigenvalue weighted by Crippen LogP contribution is 2.35. The lowest BCUT2D eigenvalue weighted by molar-refractivity contribution is -0.119. The molecule has 1 amide bonds. The predicted octanol–water partition coefficient (Wildman–Crippen LogP) is 4.36. The van der Waals surface area contributed by atoms with Gasteiger partial charge in [0, 0.05) is 17.5 Å². The van der Waals surface area contributed by atoms with E-state index in [1.54, 1.807) is 22.0 Å². The van der Waals surface area contributed by atoms with Crippen molar-refractivity contribution in [2.75, 3.05) is 5.75 Å². The molecule has 2 heterocycles. The second kappa shape index (κ2) is 9.83.